The summed E-state index contributed by atoms with van der Waals surface area (Å²) in [5, 5.41) is 8.09. The molecule has 0 aliphatic carbocycles. The van der Waals surface area contributed by atoms with E-state index in [0.717, 1.165) is 0 Å². The van der Waals surface area contributed by atoms with Crippen molar-refractivity contribution >= 4 is 37.8 Å². The summed E-state index contributed by atoms with van der Waals surface area (Å²) in [6.45, 7) is 6.74. The summed E-state index contributed by atoms with van der Waals surface area (Å²) in [5.41, 5.74) is 1.56. The van der Waals surface area contributed by atoms with Crippen LogP contribution in [0.3, 0.4) is 0 Å². The van der Waals surface area contributed by atoms with Crippen LogP contribution in [0.4, 0.5) is 0 Å². The molecule has 0 nitrogen and oxygen atoms in total. The Morgan fingerprint density at radius 1 is 0.667 bits per heavy atom. The minimum atomic E-state index is 0.210. The molecule has 0 amide bonds. The maximum absolute atomic E-state index is 2.31. The minimum Gasteiger partial charge on any atom is -0.165 e. The van der Waals surface area contributed by atoms with Crippen molar-refractivity contribution < 1.29 is 23.3 Å². The summed E-state index contributed by atoms with van der Waals surface area (Å²) in [4.78, 5) is 0. The van der Waals surface area contributed by atoms with Gasteiger partial charge in [-0.3, -0.25) is 0 Å². The van der Waals surface area contributed by atoms with E-state index in [-0.39, 0.29) is 5.43 Å². The van der Waals surface area contributed by atoms with E-state index >= 15 is 0 Å². The molecule has 27 heavy (non-hydrogen) atoms. The van der Waals surface area contributed by atoms with Gasteiger partial charge in [0.05, 0.1) is 0 Å². The minimum absolute atomic E-state index is 0.210. The second-order valence-corrected chi connectivity index (χ2v) is 16.4. The number of hydrogen-bond donors (Lipinski definition) is 0. The first-order valence-corrected chi connectivity index (χ1v) is 15.4. The molecule has 5 aromatic carbocycles. The number of benzene rings is 3. The molecule has 0 aliphatic heterocycles. The van der Waals surface area contributed by atoms with Gasteiger partial charge in [0, 0.05) is 0 Å². The van der Waals surface area contributed by atoms with E-state index in [1.165, 1.54) is 37.9 Å². The van der Waals surface area contributed by atoms with Gasteiger partial charge in [0.1, 0.15) is 0 Å². The van der Waals surface area contributed by atoms with Crippen molar-refractivity contribution in [1.82, 2.24) is 0 Å². The Balaban J connectivity index is 0.000000134. The SMILES string of the molecule is C[Si](C)=[Zr+2].Cc1cc2ccccc2[cH-]1.c1ccc2c(c1)[cH-]c1ccccc12. The zero-order valence-corrected chi connectivity index (χ0v) is 19.6. The van der Waals surface area contributed by atoms with Gasteiger partial charge >= 0.3 is 41.9 Å². The molecule has 5 aromatic rings. The van der Waals surface area contributed by atoms with Crippen LogP contribution in [0.15, 0.2) is 91.0 Å². The largest absolute Gasteiger partial charge is 0.165 e. The molecule has 0 bridgehead atoms. The summed E-state index contributed by atoms with van der Waals surface area (Å²) in [7, 11) is 0. The molecule has 0 saturated heterocycles. The van der Waals surface area contributed by atoms with Crippen molar-refractivity contribution in [3.63, 3.8) is 0 Å². The van der Waals surface area contributed by atoms with Crippen LogP contribution in [-0.4, -0.2) is 5.43 Å². The first-order chi connectivity index (χ1) is 13.0. The van der Waals surface area contributed by atoms with Gasteiger partial charge in [-0.05, 0) is 0 Å². The van der Waals surface area contributed by atoms with Gasteiger partial charge in [0.15, 0.2) is 0 Å². The molecule has 0 spiro atoms. The molecule has 5 rings (SSSR count). The number of aryl methyl sites for hydroxylation is 1. The summed E-state index contributed by atoms with van der Waals surface area (Å²) < 4.78 is 0. The van der Waals surface area contributed by atoms with Crippen LogP contribution in [0.1, 0.15) is 5.56 Å². The van der Waals surface area contributed by atoms with Crippen LogP contribution < -0.4 is 0 Å². The molecule has 132 valence electrons. The van der Waals surface area contributed by atoms with Crippen LogP contribution in [0, 0.1) is 6.92 Å². The summed E-state index contributed by atoms with van der Waals surface area (Å²) >= 11 is 1.74. The van der Waals surface area contributed by atoms with Crippen LogP contribution >= 0.6 is 0 Å². The molecule has 0 heterocycles. The molecular weight excluding hydrogens is 420 g/mol. The maximum atomic E-state index is 2.31. The quantitative estimate of drug-likeness (QED) is 0.173. The van der Waals surface area contributed by atoms with Crippen molar-refractivity contribution in [3.8, 4) is 0 Å². The van der Waals surface area contributed by atoms with E-state index < -0.39 is 0 Å². The first-order valence-electron chi connectivity index (χ1n) is 9.21. The average molecular weight is 444 g/mol. The molecule has 0 aliphatic rings. The fourth-order valence-electron chi connectivity index (χ4n) is 3.21. The van der Waals surface area contributed by atoms with Crippen LogP contribution in [-0.2, 0) is 23.3 Å². The Hall–Kier alpha value is -1.76. The van der Waals surface area contributed by atoms with Gasteiger partial charge in [-0.1, -0.05) is 49.4 Å². The fourth-order valence-corrected chi connectivity index (χ4v) is 3.21. The normalized spacial score (nSPS) is 10.3. The Labute approximate surface area is 176 Å². The van der Waals surface area contributed by atoms with Crippen LogP contribution in [0.25, 0.3) is 32.3 Å². The standard InChI is InChI=1S/C13H9.C10H9.C2H6Si.Zr/c1-3-7-12-10(5-1)9-11-6-2-4-8-13(11)12;1-8-6-9-4-2-3-5-10(9)7-8;1-3-2;/h1-9H;2-7H,1H3;1-2H3;/q2*-1;;+2. The molecule has 0 atom stereocenters. The molecule has 0 fully saturated rings. The van der Waals surface area contributed by atoms with E-state index in [4.69, 9.17) is 0 Å². The third-order valence-electron chi connectivity index (χ3n) is 4.29. The monoisotopic (exact) mass is 442 g/mol. The molecule has 0 radical (unpaired) electrons. The Bertz CT molecular complexity index is 1090. The summed E-state index contributed by atoms with van der Waals surface area (Å²) in [6, 6.07) is 32.1. The Kier molecular flexibility index (Phi) is 6.99. The zero-order valence-electron chi connectivity index (χ0n) is 16.2. The smallest absolute Gasteiger partial charge is 0.0579 e. The Morgan fingerprint density at radius 3 is 1.63 bits per heavy atom. The molecule has 0 unspecified atom stereocenters. The topological polar surface area (TPSA) is 0 Å². The van der Waals surface area contributed by atoms with Gasteiger partial charge < -0.3 is 0 Å². The molecule has 0 N–H and O–H groups in total. The second kappa shape index (κ2) is 9.44. The van der Waals surface area contributed by atoms with Gasteiger partial charge in [-0.25, -0.2) is 0 Å². The van der Waals surface area contributed by atoms with E-state index in [1.54, 1.807) is 23.3 Å². The van der Waals surface area contributed by atoms with E-state index in [2.05, 4.69) is 111 Å². The van der Waals surface area contributed by atoms with Crippen molar-refractivity contribution in [1.29, 1.82) is 0 Å². The van der Waals surface area contributed by atoms with Crippen molar-refractivity contribution in [2.75, 3.05) is 0 Å². The van der Waals surface area contributed by atoms with E-state index in [9.17, 15) is 0 Å². The van der Waals surface area contributed by atoms with Gasteiger partial charge in [-0.2, -0.15) is 6.07 Å². The molecule has 2 heteroatoms. The predicted molar refractivity (Wildman–Crippen MR) is 119 cm³/mol. The van der Waals surface area contributed by atoms with E-state index in [1.807, 2.05) is 0 Å². The van der Waals surface area contributed by atoms with Crippen LogP contribution in [0.5, 0.6) is 0 Å². The zero-order chi connectivity index (χ0) is 19.2. The number of fused-ring (bicyclic) bond motifs is 4. The third-order valence-corrected chi connectivity index (χ3v) is 4.29. The van der Waals surface area contributed by atoms with Gasteiger partial charge in [0.2, 0.25) is 0 Å². The second-order valence-electron chi connectivity index (χ2n) is 6.98. The number of hydrogen-bond acceptors (Lipinski definition) is 0. The summed E-state index contributed by atoms with van der Waals surface area (Å²) in [5.74, 6) is 0. The van der Waals surface area contributed by atoms with Gasteiger partial charge in [-0.15, -0.1) is 80.3 Å². The van der Waals surface area contributed by atoms with Crippen molar-refractivity contribution in [2.45, 2.75) is 20.0 Å². The Morgan fingerprint density at radius 2 is 1.11 bits per heavy atom. The van der Waals surface area contributed by atoms with Crippen molar-refractivity contribution in [3.05, 3.63) is 96.6 Å². The fraction of sp³-hybridized carbons (Fsp3) is 0.120. The summed E-state index contributed by atoms with van der Waals surface area (Å²) in [6.07, 6.45) is 0. The van der Waals surface area contributed by atoms with E-state index in [0.29, 0.717) is 0 Å². The van der Waals surface area contributed by atoms with Crippen LogP contribution in [0.2, 0.25) is 13.1 Å². The molecule has 0 aromatic heterocycles. The first kappa shape index (κ1) is 20.0. The maximum Gasteiger partial charge on any atom is -0.0579 e. The third kappa shape index (κ3) is 5.37. The average Bonchev–Trinajstić information content (AvgIpc) is 3.21. The molecule has 0 saturated carbocycles. The number of rotatable bonds is 0. The molecular formula is C25H24SiZr. The predicted octanol–water partition coefficient (Wildman–Crippen LogP) is 7.36. The van der Waals surface area contributed by atoms with Gasteiger partial charge in [0.25, 0.3) is 0 Å². The van der Waals surface area contributed by atoms with Crippen molar-refractivity contribution in [2.24, 2.45) is 0 Å².